The number of carbonyl (C=O) groups is 4. The first-order chi connectivity index (χ1) is 14.6. The first-order valence-corrected chi connectivity index (χ1v) is 9.97. The van der Waals surface area contributed by atoms with E-state index in [1.165, 1.54) is 4.90 Å². The van der Waals surface area contributed by atoms with Crippen molar-refractivity contribution in [3.05, 3.63) is 35.9 Å². The molecule has 1 saturated carbocycles. The van der Waals surface area contributed by atoms with Crippen molar-refractivity contribution in [1.82, 2.24) is 15.1 Å². The number of carbonyl (C=O) groups excluding carboxylic acids is 3. The maximum atomic E-state index is 12.8. The first-order valence-electron chi connectivity index (χ1n) is 9.97. The van der Waals surface area contributed by atoms with Gasteiger partial charge in [0.25, 0.3) is 12.4 Å². The van der Waals surface area contributed by atoms with Crippen LogP contribution in [0.15, 0.2) is 30.3 Å². The van der Waals surface area contributed by atoms with E-state index in [-0.39, 0.29) is 43.9 Å². The number of carboxylic acid groups (broad SMARTS) is 1. The lowest BCUT2D eigenvalue weighted by Crippen LogP contribution is -2.44. The molecule has 0 bridgehead atoms. The van der Waals surface area contributed by atoms with Crippen molar-refractivity contribution < 1.29 is 34.5 Å². The van der Waals surface area contributed by atoms with E-state index in [4.69, 9.17) is 9.90 Å². The number of aliphatic hydroxyl groups is 2. The highest BCUT2D eigenvalue weighted by molar-refractivity contribution is 6.08. The Balaban J connectivity index is 0.000000858. The van der Waals surface area contributed by atoms with Crippen molar-refractivity contribution in [1.29, 1.82) is 0 Å². The quantitative estimate of drug-likeness (QED) is 0.373. The Morgan fingerprint density at radius 3 is 2.39 bits per heavy atom. The molecule has 2 heterocycles. The number of hydrogen-bond acceptors (Lipinski definition) is 6. The smallest absolute Gasteiger partial charge is 0.325 e. The van der Waals surface area contributed by atoms with E-state index < -0.39 is 29.0 Å². The van der Waals surface area contributed by atoms with E-state index in [2.05, 4.69) is 5.32 Å². The summed E-state index contributed by atoms with van der Waals surface area (Å²) in [6, 6.07) is 9.09. The SMILES string of the molecule is CC1(C)NC(=O)N(CC(=O)N2C[C@@H](O)[C@@]3(C2)[C@H](CO)[C@H]3c2ccccc2)C1=O.O=CO. The van der Waals surface area contributed by atoms with Gasteiger partial charge >= 0.3 is 6.03 Å². The molecule has 4 amide bonds. The number of likely N-dealkylation sites (tertiary alicyclic amines) is 1. The van der Waals surface area contributed by atoms with Crippen molar-refractivity contribution in [3.63, 3.8) is 0 Å². The van der Waals surface area contributed by atoms with Crippen molar-refractivity contribution in [2.24, 2.45) is 11.3 Å². The molecule has 3 fully saturated rings. The second-order valence-electron chi connectivity index (χ2n) is 8.63. The minimum Gasteiger partial charge on any atom is -0.483 e. The summed E-state index contributed by atoms with van der Waals surface area (Å²) in [5.41, 5.74) is -0.576. The minimum absolute atomic E-state index is 0.0258. The van der Waals surface area contributed by atoms with Crippen LogP contribution in [0.5, 0.6) is 0 Å². The largest absolute Gasteiger partial charge is 0.483 e. The Kier molecular flexibility index (Phi) is 6.06. The highest BCUT2D eigenvalue weighted by atomic mass is 16.3. The molecule has 4 N–H and O–H groups in total. The summed E-state index contributed by atoms with van der Waals surface area (Å²) in [6.07, 6.45) is -0.765. The average molecular weight is 433 g/mol. The van der Waals surface area contributed by atoms with Crippen LogP contribution in [-0.4, -0.2) is 87.3 Å². The summed E-state index contributed by atoms with van der Waals surface area (Å²) in [4.78, 5) is 47.9. The lowest BCUT2D eigenvalue weighted by atomic mass is 9.95. The molecular weight excluding hydrogens is 406 g/mol. The second kappa shape index (κ2) is 8.27. The van der Waals surface area contributed by atoms with Gasteiger partial charge in [0.15, 0.2) is 0 Å². The summed E-state index contributed by atoms with van der Waals surface area (Å²) in [5, 5.41) is 30.0. The number of nitrogens with zero attached hydrogens (tertiary/aromatic N) is 2. The summed E-state index contributed by atoms with van der Waals surface area (Å²) < 4.78 is 0. The number of benzene rings is 1. The topological polar surface area (TPSA) is 147 Å². The standard InChI is InChI=1S/C20H25N3O5.CH2O2/c1-19(2)17(27)23(18(28)21-19)9-15(26)22-8-14(25)20(11-22)13(10-24)16(20)12-6-4-3-5-7-12;2-1-3/h3-7,13-14,16,24-25H,8-11H2,1-2H3,(H,21,28);1H,(H,2,3)/t13-,14-,16-,20-;/m1./s1. The van der Waals surface area contributed by atoms with Crippen LogP contribution in [0.2, 0.25) is 0 Å². The van der Waals surface area contributed by atoms with Crippen molar-refractivity contribution in [2.75, 3.05) is 26.2 Å². The number of β-amino-alcohol motifs (C(OH)–C–C–N with tert-alkyl or cyclic N) is 1. The molecule has 0 radical (unpaired) electrons. The Bertz CT molecular complexity index is 875. The highest BCUT2D eigenvalue weighted by Gasteiger charge is 2.71. The molecule has 31 heavy (non-hydrogen) atoms. The Morgan fingerprint density at radius 2 is 1.87 bits per heavy atom. The van der Waals surface area contributed by atoms with Crippen LogP contribution in [0.3, 0.4) is 0 Å². The number of hydrogen-bond donors (Lipinski definition) is 4. The summed E-state index contributed by atoms with van der Waals surface area (Å²) in [6.45, 7) is 2.94. The Morgan fingerprint density at radius 1 is 1.26 bits per heavy atom. The van der Waals surface area contributed by atoms with Gasteiger partial charge in [-0.05, 0) is 31.2 Å². The van der Waals surface area contributed by atoms with Crippen LogP contribution >= 0.6 is 0 Å². The van der Waals surface area contributed by atoms with Crippen LogP contribution < -0.4 is 5.32 Å². The predicted octanol–water partition coefficient (Wildman–Crippen LogP) is -0.387. The van der Waals surface area contributed by atoms with E-state index in [0.29, 0.717) is 6.54 Å². The Labute approximate surface area is 179 Å². The average Bonchev–Trinajstić information content (AvgIpc) is 3.19. The fraction of sp³-hybridized carbons (Fsp3) is 0.524. The van der Waals surface area contributed by atoms with Gasteiger partial charge in [-0.25, -0.2) is 4.79 Å². The maximum Gasteiger partial charge on any atom is 0.325 e. The number of amides is 4. The van der Waals surface area contributed by atoms with Gasteiger partial charge in [-0.1, -0.05) is 30.3 Å². The van der Waals surface area contributed by atoms with Gasteiger partial charge in [-0.3, -0.25) is 19.3 Å². The van der Waals surface area contributed by atoms with Gasteiger partial charge in [0.2, 0.25) is 5.91 Å². The second-order valence-corrected chi connectivity index (χ2v) is 8.63. The molecule has 1 aromatic carbocycles. The van der Waals surface area contributed by atoms with Gasteiger partial charge < -0.3 is 25.5 Å². The zero-order chi connectivity index (χ0) is 23.0. The third-order valence-electron chi connectivity index (χ3n) is 6.49. The van der Waals surface area contributed by atoms with Crippen LogP contribution in [0, 0.1) is 11.3 Å². The van der Waals surface area contributed by atoms with Crippen LogP contribution in [0.25, 0.3) is 0 Å². The molecule has 4 rings (SSSR count). The lowest BCUT2D eigenvalue weighted by Gasteiger charge is -2.20. The molecule has 10 nitrogen and oxygen atoms in total. The fourth-order valence-electron chi connectivity index (χ4n) is 4.95. The summed E-state index contributed by atoms with van der Waals surface area (Å²) in [5.74, 6) is -0.977. The molecule has 1 aromatic rings. The number of aliphatic hydroxyl groups excluding tert-OH is 2. The molecular formula is C21H27N3O7. The number of nitrogens with one attached hydrogen (secondary N) is 1. The van der Waals surface area contributed by atoms with Gasteiger partial charge in [-0.15, -0.1) is 0 Å². The molecule has 1 spiro atoms. The predicted molar refractivity (Wildman–Crippen MR) is 108 cm³/mol. The normalized spacial score (nSPS) is 30.6. The summed E-state index contributed by atoms with van der Waals surface area (Å²) >= 11 is 0. The highest BCUT2D eigenvalue weighted by Crippen LogP contribution is 2.68. The molecule has 4 atom stereocenters. The molecule has 0 aromatic heterocycles. The van der Waals surface area contributed by atoms with Gasteiger partial charge in [0, 0.05) is 25.1 Å². The van der Waals surface area contributed by atoms with E-state index in [0.717, 1.165) is 10.5 Å². The third kappa shape index (κ3) is 3.77. The zero-order valence-corrected chi connectivity index (χ0v) is 17.4. The minimum atomic E-state index is -1.03. The van der Waals surface area contributed by atoms with Crippen LogP contribution in [-0.2, 0) is 14.4 Å². The molecule has 3 aliphatic rings. The molecule has 168 valence electrons. The fourth-order valence-corrected chi connectivity index (χ4v) is 4.95. The van der Waals surface area contributed by atoms with Crippen LogP contribution in [0.1, 0.15) is 25.3 Å². The summed E-state index contributed by atoms with van der Waals surface area (Å²) in [7, 11) is 0. The molecule has 0 unspecified atom stereocenters. The molecule has 1 aliphatic carbocycles. The van der Waals surface area contributed by atoms with Gasteiger partial charge in [0.05, 0.1) is 6.10 Å². The van der Waals surface area contributed by atoms with Crippen molar-refractivity contribution in [2.45, 2.75) is 31.4 Å². The molecule has 2 aliphatic heterocycles. The molecule has 10 heteroatoms. The number of urea groups is 1. The van der Waals surface area contributed by atoms with Crippen molar-refractivity contribution in [3.8, 4) is 0 Å². The number of rotatable bonds is 4. The maximum absolute atomic E-state index is 12.8. The third-order valence-corrected chi connectivity index (χ3v) is 6.49. The van der Waals surface area contributed by atoms with Crippen LogP contribution in [0.4, 0.5) is 4.79 Å². The molecule has 2 saturated heterocycles. The Hall–Kier alpha value is -2.98. The lowest BCUT2D eigenvalue weighted by molar-refractivity contribution is -0.138. The number of imide groups is 1. The van der Waals surface area contributed by atoms with E-state index in [1.807, 2.05) is 30.3 Å². The first kappa shape index (κ1) is 22.7. The van der Waals surface area contributed by atoms with Crippen molar-refractivity contribution >= 4 is 24.3 Å². The van der Waals surface area contributed by atoms with E-state index >= 15 is 0 Å². The van der Waals surface area contributed by atoms with Gasteiger partial charge in [-0.2, -0.15) is 0 Å². The van der Waals surface area contributed by atoms with E-state index in [1.54, 1.807) is 13.8 Å². The van der Waals surface area contributed by atoms with Gasteiger partial charge in [0.1, 0.15) is 12.1 Å². The zero-order valence-electron chi connectivity index (χ0n) is 17.4. The van der Waals surface area contributed by atoms with E-state index in [9.17, 15) is 24.6 Å². The monoisotopic (exact) mass is 433 g/mol.